The summed E-state index contributed by atoms with van der Waals surface area (Å²) in [6, 6.07) is 11.9. The average Bonchev–Trinajstić information content (AvgIpc) is 3.39. The Kier molecular flexibility index (Phi) is 4.89. The van der Waals surface area contributed by atoms with Crippen LogP contribution in [0.4, 0.5) is 5.69 Å². The van der Waals surface area contributed by atoms with Gasteiger partial charge in [-0.3, -0.25) is 4.72 Å². The predicted molar refractivity (Wildman–Crippen MR) is 107 cm³/mol. The van der Waals surface area contributed by atoms with E-state index in [2.05, 4.69) is 19.6 Å². The van der Waals surface area contributed by atoms with E-state index in [4.69, 9.17) is 0 Å². The number of nitrogens with zero attached hydrogens (tertiary/aromatic N) is 3. The molecule has 4 rings (SSSR count). The molecule has 1 aliphatic carbocycles. The summed E-state index contributed by atoms with van der Waals surface area (Å²) in [6.07, 6.45) is 3.16. The van der Waals surface area contributed by atoms with Crippen molar-refractivity contribution in [3.8, 4) is 11.4 Å². The van der Waals surface area contributed by atoms with Crippen molar-refractivity contribution in [1.82, 2.24) is 19.5 Å². The minimum atomic E-state index is -3.96. The molecule has 1 aliphatic rings. The van der Waals surface area contributed by atoms with E-state index in [0.29, 0.717) is 11.5 Å². The molecule has 0 amide bonds. The van der Waals surface area contributed by atoms with Crippen LogP contribution in [0, 0.1) is 0 Å². The number of hydrogen-bond acceptors (Lipinski definition) is 6. The molecule has 0 saturated heterocycles. The van der Waals surface area contributed by atoms with Crippen molar-refractivity contribution < 1.29 is 16.8 Å². The first-order chi connectivity index (χ1) is 13.7. The second-order valence-corrected chi connectivity index (χ2v) is 10.2. The lowest BCUT2D eigenvalue weighted by Gasteiger charge is -2.11. The SMILES string of the molecule is Cn1cnnc1-c1ccc(NS(=O)(=O)c2cccc(S(=O)(=O)NC3CC3)c2)cc1. The maximum Gasteiger partial charge on any atom is 0.261 e. The van der Waals surface area contributed by atoms with Gasteiger partial charge in [-0.25, -0.2) is 21.6 Å². The van der Waals surface area contributed by atoms with E-state index in [1.54, 1.807) is 35.2 Å². The van der Waals surface area contributed by atoms with Crippen LogP contribution in [-0.4, -0.2) is 37.6 Å². The highest BCUT2D eigenvalue weighted by atomic mass is 32.2. The molecule has 1 heterocycles. The van der Waals surface area contributed by atoms with Crippen LogP contribution in [0.25, 0.3) is 11.4 Å². The second-order valence-electron chi connectivity index (χ2n) is 6.82. The Hall–Kier alpha value is -2.76. The molecule has 3 aromatic rings. The molecule has 1 saturated carbocycles. The van der Waals surface area contributed by atoms with E-state index >= 15 is 0 Å². The maximum atomic E-state index is 12.7. The molecular weight excluding hydrogens is 414 g/mol. The molecule has 0 aliphatic heterocycles. The number of sulfonamides is 2. The summed E-state index contributed by atoms with van der Waals surface area (Å²) in [4.78, 5) is -0.210. The average molecular weight is 434 g/mol. The van der Waals surface area contributed by atoms with Crippen LogP contribution in [0.5, 0.6) is 0 Å². The maximum absolute atomic E-state index is 12.7. The van der Waals surface area contributed by atoms with Crippen LogP contribution in [0.15, 0.2) is 64.6 Å². The normalized spacial score (nSPS) is 14.7. The Morgan fingerprint density at radius 3 is 2.21 bits per heavy atom. The van der Waals surface area contributed by atoms with Gasteiger partial charge in [0.05, 0.1) is 9.79 Å². The van der Waals surface area contributed by atoms with Gasteiger partial charge in [-0.2, -0.15) is 0 Å². The van der Waals surface area contributed by atoms with Gasteiger partial charge in [0, 0.05) is 24.3 Å². The molecule has 9 nitrogen and oxygen atoms in total. The highest BCUT2D eigenvalue weighted by Gasteiger charge is 2.28. The molecule has 152 valence electrons. The topological polar surface area (TPSA) is 123 Å². The molecule has 1 aromatic heterocycles. The van der Waals surface area contributed by atoms with E-state index in [1.807, 2.05) is 7.05 Å². The van der Waals surface area contributed by atoms with Crippen LogP contribution in [0.2, 0.25) is 0 Å². The zero-order valence-electron chi connectivity index (χ0n) is 15.5. The first-order valence-electron chi connectivity index (χ1n) is 8.84. The van der Waals surface area contributed by atoms with Crippen molar-refractivity contribution >= 4 is 25.7 Å². The summed E-state index contributed by atoms with van der Waals surface area (Å²) in [7, 11) is -5.89. The summed E-state index contributed by atoms with van der Waals surface area (Å²) < 4.78 is 56.9. The largest absolute Gasteiger partial charge is 0.317 e. The lowest BCUT2D eigenvalue weighted by atomic mass is 10.2. The quantitative estimate of drug-likeness (QED) is 0.585. The van der Waals surface area contributed by atoms with Gasteiger partial charge in [0.2, 0.25) is 10.0 Å². The third kappa shape index (κ3) is 4.31. The summed E-state index contributed by atoms with van der Waals surface area (Å²) in [5, 5.41) is 7.82. The number of hydrogen-bond donors (Lipinski definition) is 2. The first-order valence-corrected chi connectivity index (χ1v) is 11.8. The number of rotatable bonds is 7. The van der Waals surface area contributed by atoms with E-state index in [1.165, 1.54) is 18.2 Å². The Balaban J connectivity index is 1.56. The van der Waals surface area contributed by atoms with Gasteiger partial charge in [0.25, 0.3) is 10.0 Å². The molecular formula is C18H19N5O4S2. The smallest absolute Gasteiger partial charge is 0.261 e. The summed E-state index contributed by atoms with van der Waals surface area (Å²) in [6.45, 7) is 0. The fraction of sp³-hybridized carbons (Fsp3) is 0.222. The van der Waals surface area contributed by atoms with E-state index < -0.39 is 20.0 Å². The van der Waals surface area contributed by atoms with Gasteiger partial charge >= 0.3 is 0 Å². The highest BCUT2D eigenvalue weighted by molar-refractivity contribution is 7.93. The van der Waals surface area contributed by atoms with Crippen molar-refractivity contribution in [2.24, 2.45) is 7.05 Å². The predicted octanol–water partition coefficient (Wildman–Crippen LogP) is 1.72. The minimum absolute atomic E-state index is 0.0641. The fourth-order valence-corrected chi connectivity index (χ4v) is 5.27. The number of aromatic nitrogens is 3. The number of nitrogens with one attached hydrogen (secondary N) is 2. The number of aryl methyl sites for hydroxylation is 1. The van der Waals surface area contributed by atoms with Crippen LogP contribution >= 0.6 is 0 Å². The third-order valence-corrected chi connectivity index (χ3v) is 7.33. The van der Waals surface area contributed by atoms with Crippen molar-refractivity contribution in [2.75, 3.05) is 4.72 Å². The Labute approximate surface area is 168 Å². The van der Waals surface area contributed by atoms with E-state index in [0.717, 1.165) is 24.5 Å². The first kappa shape index (κ1) is 19.6. The van der Waals surface area contributed by atoms with Gasteiger partial charge in [-0.1, -0.05) is 6.07 Å². The highest BCUT2D eigenvalue weighted by Crippen LogP contribution is 2.25. The molecule has 0 bridgehead atoms. The van der Waals surface area contributed by atoms with Gasteiger partial charge in [0.15, 0.2) is 5.82 Å². The summed E-state index contributed by atoms with van der Waals surface area (Å²) >= 11 is 0. The van der Waals surface area contributed by atoms with Crippen LogP contribution in [-0.2, 0) is 27.1 Å². The number of anilines is 1. The molecule has 2 aromatic carbocycles. The molecule has 0 radical (unpaired) electrons. The molecule has 29 heavy (non-hydrogen) atoms. The van der Waals surface area contributed by atoms with E-state index in [-0.39, 0.29) is 15.8 Å². The van der Waals surface area contributed by atoms with Gasteiger partial charge in [-0.05, 0) is 55.3 Å². The van der Waals surface area contributed by atoms with Crippen molar-refractivity contribution in [1.29, 1.82) is 0 Å². The van der Waals surface area contributed by atoms with Crippen LogP contribution < -0.4 is 9.44 Å². The zero-order chi connectivity index (χ0) is 20.6. The lowest BCUT2D eigenvalue weighted by molar-refractivity contribution is 0.580. The summed E-state index contributed by atoms with van der Waals surface area (Å²) in [5.41, 5.74) is 1.13. The molecule has 11 heteroatoms. The third-order valence-electron chi connectivity index (χ3n) is 4.43. The second kappa shape index (κ2) is 7.25. The fourth-order valence-electron chi connectivity index (χ4n) is 2.74. The van der Waals surface area contributed by atoms with Gasteiger partial charge in [-0.15, -0.1) is 10.2 Å². The Bertz CT molecular complexity index is 1250. The molecule has 0 atom stereocenters. The Morgan fingerprint density at radius 1 is 0.966 bits per heavy atom. The van der Waals surface area contributed by atoms with Crippen LogP contribution in [0.1, 0.15) is 12.8 Å². The minimum Gasteiger partial charge on any atom is -0.317 e. The molecule has 2 N–H and O–H groups in total. The van der Waals surface area contributed by atoms with Gasteiger partial charge < -0.3 is 4.57 Å². The number of benzene rings is 2. The van der Waals surface area contributed by atoms with Crippen molar-refractivity contribution in [2.45, 2.75) is 28.7 Å². The standard InChI is InChI=1S/C18H19N5O4S2/c1-23-12-19-20-18(23)13-5-7-14(8-6-13)21-28(24,25)16-3-2-4-17(11-16)29(26,27)22-15-9-10-15/h2-8,11-12,15,21-22H,9-10H2,1H3. The monoisotopic (exact) mass is 433 g/mol. The van der Waals surface area contributed by atoms with Crippen molar-refractivity contribution in [3.63, 3.8) is 0 Å². The van der Waals surface area contributed by atoms with Gasteiger partial charge in [0.1, 0.15) is 6.33 Å². The summed E-state index contributed by atoms with van der Waals surface area (Å²) in [5.74, 6) is 0.653. The molecule has 0 spiro atoms. The van der Waals surface area contributed by atoms with Crippen molar-refractivity contribution in [3.05, 3.63) is 54.9 Å². The molecule has 0 unspecified atom stereocenters. The lowest BCUT2D eigenvalue weighted by Crippen LogP contribution is -2.26. The zero-order valence-corrected chi connectivity index (χ0v) is 17.1. The Morgan fingerprint density at radius 2 is 1.62 bits per heavy atom. The van der Waals surface area contributed by atoms with E-state index in [9.17, 15) is 16.8 Å². The van der Waals surface area contributed by atoms with Crippen LogP contribution in [0.3, 0.4) is 0 Å². The molecule has 1 fully saturated rings.